The minimum atomic E-state index is -0.371. The fourth-order valence-electron chi connectivity index (χ4n) is 2.79. The third-order valence-corrected chi connectivity index (χ3v) is 4.29. The third kappa shape index (κ3) is 4.32. The predicted octanol–water partition coefficient (Wildman–Crippen LogP) is 0.814. The van der Waals surface area contributed by atoms with Crippen molar-refractivity contribution < 1.29 is 14.3 Å². The van der Waals surface area contributed by atoms with Gasteiger partial charge in [0.25, 0.3) is 5.91 Å². The third-order valence-electron chi connectivity index (χ3n) is 4.29. The molecule has 0 spiro atoms. The van der Waals surface area contributed by atoms with E-state index in [1.54, 1.807) is 0 Å². The Morgan fingerprint density at radius 2 is 1.90 bits per heavy atom. The Bertz CT molecular complexity index is 312. The van der Waals surface area contributed by atoms with Crippen molar-refractivity contribution in [2.45, 2.75) is 37.8 Å². The van der Waals surface area contributed by atoms with Gasteiger partial charge in [0.1, 0.15) is 0 Å². The minimum Gasteiger partial charge on any atom is -0.376 e. The Labute approximate surface area is 126 Å². The van der Waals surface area contributed by atoms with Crippen LogP contribution >= 0.6 is 12.4 Å². The second kappa shape index (κ2) is 7.59. The molecule has 116 valence electrons. The van der Waals surface area contributed by atoms with Crippen molar-refractivity contribution in [3.05, 3.63) is 0 Å². The topological polar surface area (TPSA) is 50.8 Å². The van der Waals surface area contributed by atoms with Gasteiger partial charge in [-0.2, -0.15) is 0 Å². The zero-order valence-corrected chi connectivity index (χ0v) is 12.7. The summed E-state index contributed by atoms with van der Waals surface area (Å²) in [7, 11) is 0. The van der Waals surface area contributed by atoms with E-state index < -0.39 is 0 Å². The molecule has 3 aliphatic rings. The highest BCUT2D eigenvalue weighted by Gasteiger charge is 2.31. The van der Waals surface area contributed by atoms with Gasteiger partial charge >= 0.3 is 0 Å². The number of carbonyl (C=O) groups is 1. The summed E-state index contributed by atoms with van der Waals surface area (Å²) in [5.74, 6) is 1.03. The van der Waals surface area contributed by atoms with Crippen LogP contribution in [0.2, 0.25) is 0 Å². The summed E-state index contributed by atoms with van der Waals surface area (Å²) in [5, 5.41) is 3.63. The van der Waals surface area contributed by atoms with Crippen LogP contribution < -0.4 is 5.32 Å². The van der Waals surface area contributed by atoms with E-state index in [9.17, 15) is 4.79 Å². The molecule has 2 heterocycles. The molecule has 0 aromatic carbocycles. The highest BCUT2D eigenvalue weighted by atomic mass is 35.5. The first-order valence-corrected chi connectivity index (χ1v) is 7.54. The number of nitrogens with zero attached hydrogens (tertiary/aromatic N) is 1. The van der Waals surface area contributed by atoms with E-state index in [0.717, 1.165) is 38.4 Å². The van der Waals surface area contributed by atoms with Gasteiger partial charge < -0.3 is 19.7 Å². The van der Waals surface area contributed by atoms with Crippen LogP contribution in [0.15, 0.2) is 0 Å². The Kier molecular flexibility index (Phi) is 6.08. The van der Waals surface area contributed by atoms with Gasteiger partial charge in [-0.25, -0.2) is 0 Å². The number of amides is 1. The maximum atomic E-state index is 12.2. The lowest BCUT2D eigenvalue weighted by Crippen LogP contribution is -2.50. The molecule has 2 aliphatic heterocycles. The molecule has 20 heavy (non-hydrogen) atoms. The average Bonchev–Trinajstić information content (AvgIpc) is 3.30. The van der Waals surface area contributed by atoms with Crippen LogP contribution in [0.1, 0.15) is 25.7 Å². The summed E-state index contributed by atoms with van der Waals surface area (Å²) in [4.78, 5) is 14.2. The van der Waals surface area contributed by atoms with Gasteiger partial charge in [-0.15, -0.1) is 12.4 Å². The highest BCUT2D eigenvalue weighted by Crippen LogP contribution is 2.28. The quantitative estimate of drug-likeness (QED) is 0.835. The van der Waals surface area contributed by atoms with E-state index in [0.29, 0.717) is 25.9 Å². The van der Waals surface area contributed by atoms with Gasteiger partial charge in [0, 0.05) is 19.1 Å². The number of piperidine rings is 1. The molecule has 6 heteroatoms. The van der Waals surface area contributed by atoms with E-state index in [1.165, 1.54) is 12.8 Å². The number of rotatable bonds is 4. The monoisotopic (exact) mass is 304 g/mol. The summed E-state index contributed by atoms with van der Waals surface area (Å²) >= 11 is 0. The Morgan fingerprint density at radius 1 is 1.15 bits per heavy atom. The van der Waals surface area contributed by atoms with Crippen LogP contribution in [0.5, 0.6) is 0 Å². The molecule has 0 bridgehead atoms. The first kappa shape index (κ1) is 16.0. The lowest BCUT2D eigenvalue weighted by atomic mass is 10.0. The number of likely N-dealkylation sites (tertiary alicyclic amines) is 1. The van der Waals surface area contributed by atoms with Crippen molar-refractivity contribution in [3.8, 4) is 0 Å². The smallest absolute Gasteiger partial charge is 0.254 e. The summed E-state index contributed by atoms with van der Waals surface area (Å²) in [6.07, 6.45) is 4.54. The first-order chi connectivity index (χ1) is 9.33. The number of carbonyl (C=O) groups excluding carboxylic acids is 1. The zero-order chi connectivity index (χ0) is 13.1. The lowest BCUT2D eigenvalue weighted by Gasteiger charge is -2.35. The Morgan fingerprint density at radius 3 is 2.50 bits per heavy atom. The van der Waals surface area contributed by atoms with Gasteiger partial charge in [0.15, 0.2) is 6.10 Å². The maximum absolute atomic E-state index is 12.2. The normalized spacial score (nSPS) is 28.0. The number of halogens is 1. The average molecular weight is 305 g/mol. The van der Waals surface area contributed by atoms with Crippen molar-refractivity contribution in [3.63, 3.8) is 0 Å². The molecular formula is C14H25ClN2O3. The van der Waals surface area contributed by atoms with Crippen molar-refractivity contribution in [1.29, 1.82) is 0 Å². The maximum Gasteiger partial charge on any atom is 0.254 e. The second-order valence-electron chi connectivity index (χ2n) is 5.89. The number of hydrogen-bond acceptors (Lipinski definition) is 4. The SMILES string of the molecule is Cl.O=C(C1COCCO1)N1CCC(NCC2CC2)CC1. The van der Waals surface area contributed by atoms with Crippen LogP contribution in [-0.4, -0.2) is 62.4 Å². The van der Waals surface area contributed by atoms with Crippen molar-refractivity contribution in [1.82, 2.24) is 10.2 Å². The van der Waals surface area contributed by atoms with Crippen LogP contribution in [0.3, 0.4) is 0 Å². The van der Waals surface area contributed by atoms with Crippen molar-refractivity contribution in [2.75, 3.05) is 39.5 Å². The summed E-state index contributed by atoms with van der Waals surface area (Å²) < 4.78 is 10.8. The molecule has 1 N–H and O–H groups in total. The van der Waals surface area contributed by atoms with Gasteiger partial charge in [-0.05, 0) is 38.1 Å². The molecule has 1 amide bonds. The Balaban J connectivity index is 0.00000147. The first-order valence-electron chi connectivity index (χ1n) is 7.54. The minimum absolute atomic E-state index is 0. The van der Waals surface area contributed by atoms with Gasteiger partial charge in [-0.1, -0.05) is 0 Å². The summed E-state index contributed by atoms with van der Waals surface area (Å²) in [6, 6.07) is 0.591. The fourth-order valence-corrected chi connectivity index (χ4v) is 2.79. The fraction of sp³-hybridized carbons (Fsp3) is 0.929. The predicted molar refractivity (Wildman–Crippen MR) is 78.1 cm³/mol. The van der Waals surface area contributed by atoms with Crippen molar-refractivity contribution >= 4 is 18.3 Å². The molecule has 2 saturated heterocycles. The van der Waals surface area contributed by atoms with E-state index in [2.05, 4.69) is 5.32 Å². The molecule has 1 unspecified atom stereocenters. The van der Waals surface area contributed by atoms with E-state index >= 15 is 0 Å². The standard InChI is InChI=1S/C14H24N2O3.ClH/c17-14(13-10-18-7-8-19-13)16-5-3-12(4-6-16)15-9-11-1-2-11;/h11-13,15H,1-10H2;1H. The molecule has 5 nitrogen and oxygen atoms in total. The van der Waals surface area contributed by atoms with Crippen LogP contribution in [0.4, 0.5) is 0 Å². The Hall–Kier alpha value is -0.360. The zero-order valence-electron chi connectivity index (χ0n) is 11.9. The second-order valence-corrected chi connectivity index (χ2v) is 5.89. The molecule has 0 aromatic rings. The largest absolute Gasteiger partial charge is 0.376 e. The van der Waals surface area contributed by atoms with Crippen LogP contribution in [-0.2, 0) is 14.3 Å². The van der Waals surface area contributed by atoms with E-state index in [1.807, 2.05) is 4.90 Å². The molecular weight excluding hydrogens is 280 g/mol. The van der Waals surface area contributed by atoms with Crippen LogP contribution in [0.25, 0.3) is 0 Å². The lowest BCUT2D eigenvalue weighted by molar-refractivity contribution is -0.159. The number of nitrogens with one attached hydrogen (secondary N) is 1. The molecule has 3 fully saturated rings. The molecule has 3 rings (SSSR count). The molecule has 1 atom stereocenters. The van der Waals surface area contributed by atoms with Crippen LogP contribution in [0, 0.1) is 5.92 Å². The van der Waals surface area contributed by atoms with Gasteiger partial charge in [0.2, 0.25) is 0 Å². The van der Waals surface area contributed by atoms with Gasteiger partial charge in [-0.3, -0.25) is 4.79 Å². The highest BCUT2D eigenvalue weighted by molar-refractivity contribution is 5.85. The molecule has 1 aliphatic carbocycles. The van der Waals surface area contributed by atoms with E-state index in [-0.39, 0.29) is 24.4 Å². The number of hydrogen-bond donors (Lipinski definition) is 1. The molecule has 0 radical (unpaired) electrons. The summed E-state index contributed by atoms with van der Waals surface area (Å²) in [5.41, 5.74) is 0. The van der Waals surface area contributed by atoms with E-state index in [4.69, 9.17) is 9.47 Å². The summed E-state index contributed by atoms with van der Waals surface area (Å²) in [6.45, 7) is 4.42. The van der Waals surface area contributed by atoms with Crippen molar-refractivity contribution in [2.24, 2.45) is 5.92 Å². The van der Waals surface area contributed by atoms with Gasteiger partial charge in [0.05, 0.1) is 19.8 Å². The molecule has 0 aromatic heterocycles. The number of ether oxygens (including phenoxy) is 2. The molecule has 1 saturated carbocycles.